The molecule has 74 valence electrons. The fraction of sp³-hybridized carbons (Fsp3) is 0.167. The number of rotatable bonds is 0. The van der Waals surface area contributed by atoms with Crippen molar-refractivity contribution in [2.24, 2.45) is 0 Å². The summed E-state index contributed by atoms with van der Waals surface area (Å²) in [6, 6.07) is 11.5. The maximum Gasteiger partial charge on any atom is 0.116 e. The normalized spacial score (nSPS) is 9.36. The van der Waals surface area contributed by atoms with Gasteiger partial charge in [0.05, 0.1) is 0 Å². The number of hydrogen-bond donors (Lipinski definition) is 1. The average molecular weight is 300 g/mol. The second-order valence-corrected chi connectivity index (χ2v) is 3.81. The molecule has 0 atom stereocenters. The maximum atomic E-state index is 9.25. The van der Waals surface area contributed by atoms with Crippen molar-refractivity contribution in [1.29, 1.82) is 0 Å². The quantitative estimate of drug-likeness (QED) is 0.724. The van der Waals surface area contributed by atoms with Gasteiger partial charge in [0.2, 0.25) is 0 Å². The molecule has 0 aliphatic rings. The Labute approximate surface area is 97.9 Å². The van der Waals surface area contributed by atoms with Gasteiger partial charge in [0, 0.05) is 3.57 Å². The average Bonchev–Trinajstić information content (AvgIpc) is 2.22. The number of phenolic OH excluding ortho intramolecular Hbond substituents is 1. The van der Waals surface area contributed by atoms with Crippen molar-refractivity contribution < 1.29 is 5.11 Å². The van der Waals surface area contributed by atoms with Gasteiger partial charge in [-0.2, -0.15) is 0 Å². The van der Waals surface area contributed by atoms with E-state index in [9.17, 15) is 5.11 Å². The van der Waals surface area contributed by atoms with Crippen LogP contribution in [0.25, 0.3) is 10.8 Å². The second kappa shape index (κ2) is 5.20. The molecule has 14 heavy (non-hydrogen) atoms. The van der Waals surface area contributed by atoms with Crippen LogP contribution in [0.2, 0.25) is 0 Å². The van der Waals surface area contributed by atoms with Gasteiger partial charge in [-0.3, -0.25) is 0 Å². The van der Waals surface area contributed by atoms with Crippen molar-refractivity contribution in [3.8, 4) is 5.75 Å². The molecule has 0 bridgehead atoms. The summed E-state index contributed by atoms with van der Waals surface area (Å²) in [5.74, 6) is 0.326. The largest absolute Gasteiger partial charge is 0.508 e. The fourth-order valence-electron chi connectivity index (χ4n) is 1.22. The predicted octanol–water partition coefficient (Wildman–Crippen LogP) is 4.18. The monoisotopic (exact) mass is 300 g/mol. The molecule has 0 spiro atoms. The zero-order valence-electron chi connectivity index (χ0n) is 8.29. The van der Waals surface area contributed by atoms with E-state index in [1.165, 1.54) is 8.96 Å². The maximum absolute atomic E-state index is 9.25. The standard InChI is InChI=1S/C10H7IO.C2H6/c11-10-3-1-2-7-4-5-8(12)6-9(7)10;1-2/h1-6,12H;1-2H3. The number of phenols is 1. The number of benzene rings is 2. The first kappa shape index (κ1) is 11.3. The lowest BCUT2D eigenvalue weighted by Crippen LogP contribution is -1.76. The summed E-state index contributed by atoms with van der Waals surface area (Å²) in [5, 5.41) is 11.5. The van der Waals surface area contributed by atoms with Crippen LogP contribution in [-0.2, 0) is 0 Å². The topological polar surface area (TPSA) is 20.2 Å². The van der Waals surface area contributed by atoms with Crippen LogP contribution in [-0.4, -0.2) is 5.11 Å². The van der Waals surface area contributed by atoms with Crippen molar-refractivity contribution in [1.82, 2.24) is 0 Å². The lowest BCUT2D eigenvalue weighted by atomic mass is 10.1. The van der Waals surface area contributed by atoms with E-state index >= 15 is 0 Å². The molecule has 0 radical (unpaired) electrons. The Bertz CT molecular complexity index is 424. The van der Waals surface area contributed by atoms with Crippen LogP contribution >= 0.6 is 22.6 Å². The Kier molecular flexibility index (Phi) is 4.20. The number of halogens is 1. The SMILES string of the molecule is CC.Oc1ccc2cccc(I)c2c1. The molecular formula is C12H13IO. The zero-order chi connectivity index (χ0) is 10.6. The van der Waals surface area contributed by atoms with Crippen LogP contribution < -0.4 is 0 Å². The molecule has 0 amide bonds. The highest BCUT2D eigenvalue weighted by atomic mass is 127. The highest BCUT2D eigenvalue weighted by Crippen LogP contribution is 2.24. The van der Waals surface area contributed by atoms with Crippen LogP contribution in [0.4, 0.5) is 0 Å². The molecule has 0 aliphatic heterocycles. The van der Waals surface area contributed by atoms with E-state index in [0.717, 1.165) is 5.39 Å². The smallest absolute Gasteiger partial charge is 0.116 e. The van der Waals surface area contributed by atoms with Crippen molar-refractivity contribution >= 4 is 33.4 Å². The van der Waals surface area contributed by atoms with Gasteiger partial charge in [0.15, 0.2) is 0 Å². The minimum absolute atomic E-state index is 0.326. The molecule has 2 rings (SSSR count). The lowest BCUT2D eigenvalue weighted by molar-refractivity contribution is 0.476. The van der Waals surface area contributed by atoms with Crippen molar-refractivity contribution in [2.45, 2.75) is 13.8 Å². The van der Waals surface area contributed by atoms with E-state index in [1.807, 2.05) is 38.1 Å². The minimum atomic E-state index is 0.326. The summed E-state index contributed by atoms with van der Waals surface area (Å²) in [5.41, 5.74) is 0. The first-order valence-electron chi connectivity index (χ1n) is 4.64. The lowest BCUT2D eigenvalue weighted by Gasteiger charge is -2.00. The summed E-state index contributed by atoms with van der Waals surface area (Å²) in [4.78, 5) is 0. The van der Waals surface area contributed by atoms with Crippen LogP contribution in [0, 0.1) is 3.57 Å². The van der Waals surface area contributed by atoms with Crippen molar-refractivity contribution in [2.75, 3.05) is 0 Å². The molecular weight excluding hydrogens is 287 g/mol. The first-order valence-corrected chi connectivity index (χ1v) is 5.72. The van der Waals surface area contributed by atoms with Gasteiger partial charge in [-0.05, 0) is 51.6 Å². The third kappa shape index (κ3) is 2.38. The third-order valence-corrected chi connectivity index (χ3v) is 2.75. The van der Waals surface area contributed by atoms with E-state index in [2.05, 4.69) is 22.6 Å². The highest BCUT2D eigenvalue weighted by molar-refractivity contribution is 14.1. The van der Waals surface area contributed by atoms with Gasteiger partial charge < -0.3 is 5.11 Å². The zero-order valence-corrected chi connectivity index (χ0v) is 10.4. The molecule has 2 aromatic carbocycles. The van der Waals surface area contributed by atoms with Crippen LogP contribution in [0.15, 0.2) is 36.4 Å². The second-order valence-electron chi connectivity index (χ2n) is 2.65. The number of aromatic hydroxyl groups is 1. The van der Waals surface area contributed by atoms with Gasteiger partial charge in [-0.1, -0.05) is 32.0 Å². The summed E-state index contributed by atoms with van der Waals surface area (Å²) >= 11 is 2.26. The predicted molar refractivity (Wildman–Crippen MR) is 69.7 cm³/mol. The molecule has 1 N–H and O–H groups in total. The van der Waals surface area contributed by atoms with Gasteiger partial charge >= 0.3 is 0 Å². The molecule has 0 unspecified atom stereocenters. The Morgan fingerprint density at radius 1 is 1.07 bits per heavy atom. The fourth-order valence-corrected chi connectivity index (χ4v) is 1.90. The number of fused-ring (bicyclic) bond motifs is 1. The Hall–Kier alpha value is -0.770. The van der Waals surface area contributed by atoms with E-state index < -0.39 is 0 Å². The molecule has 2 heteroatoms. The summed E-state index contributed by atoms with van der Waals surface area (Å²) in [6.45, 7) is 4.00. The van der Waals surface area contributed by atoms with Gasteiger partial charge in [0.1, 0.15) is 5.75 Å². The summed E-state index contributed by atoms with van der Waals surface area (Å²) in [7, 11) is 0. The Balaban J connectivity index is 0.000000461. The van der Waals surface area contributed by atoms with E-state index in [0.29, 0.717) is 5.75 Å². The van der Waals surface area contributed by atoms with E-state index in [1.54, 1.807) is 12.1 Å². The van der Waals surface area contributed by atoms with Crippen LogP contribution in [0.3, 0.4) is 0 Å². The molecule has 0 heterocycles. The van der Waals surface area contributed by atoms with E-state index in [4.69, 9.17) is 0 Å². The molecule has 0 aromatic heterocycles. The van der Waals surface area contributed by atoms with Gasteiger partial charge in [-0.15, -0.1) is 0 Å². The number of hydrogen-bond acceptors (Lipinski definition) is 1. The van der Waals surface area contributed by atoms with Crippen molar-refractivity contribution in [3.05, 3.63) is 40.0 Å². The van der Waals surface area contributed by atoms with Gasteiger partial charge in [-0.25, -0.2) is 0 Å². The molecule has 0 aliphatic carbocycles. The molecule has 1 nitrogen and oxygen atoms in total. The Morgan fingerprint density at radius 2 is 1.79 bits per heavy atom. The summed E-state index contributed by atoms with van der Waals surface area (Å²) < 4.78 is 1.17. The molecule has 0 saturated heterocycles. The van der Waals surface area contributed by atoms with Crippen LogP contribution in [0.5, 0.6) is 5.75 Å². The highest BCUT2D eigenvalue weighted by Gasteiger charge is 1.97. The molecule has 0 fully saturated rings. The van der Waals surface area contributed by atoms with Gasteiger partial charge in [0.25, 0.3) is 0 Å². The van der Waals surface area contributed by atoms with Crippen LogP contribution in [0.1, 0.15) is 13.8 Å². The molecule has 0 saturated carbocycles. The van der Waals surface area contributed by atoms with Crippen molar-refractivity contribution in [3.63, 3.8) is 0 Å². The first-order chi connectivity index (χ1) is 6.77. The molecule has 2 aromatic rings. The minimum Gasteiger partial charge on any atom is -0.508 e. The van der Waals surface area contributed by atoms with E-state index in [-0.39, 0.29) is 0 Å². The Morgan fingerprint density at radius 3 is 2.50 bits per heavy atom. The summed E-state index contributed by atoms with van der Waals surface area (Å²) in [6.07, 6.45) is 0. The third-order valence-electron chi connectivity index (χ3n) is 1.81.